The number of ketones is 1. The average molecular weight is 285 g/mol. The molecule has 0 radical (unpaired) electrons. The summed E-state index contributed by atoms with van der Waals surface area (Å²) in [6, 6.07) is 9.97. The van der Waals surface area contributed by atoms with Crippen molar-refractivity contribution in [2.75, 3.05) is 0 Å². The molecule has 0 amide bonds. The summed E-state index contributed by atoms with van der Waals surface area (Å²) in [4.78, 5) is 21.9. The summed E-state index contributed by atoms with van der Waals surface area (Å²) in [6.07, 6.45) is 0. The lowest BCUT2D eigenvalue weighted by molar-refractivity contribution is -0.385. The molecule has 5 heteroatoms. The Morgan fingerprint density at radius 3 is 2.48 bits per heavy atom. The highest BCUT2D eigenvalue weighted by molar-refractivity contribution is 5.98. The zero-order chi connectivity index (χ0) is 15.6. The lowest BCUT2D eigenvalue weighted by Crippen LogP contribution is -2.00. The monoisotopic (exact) mass is 285 g/mol. The molecule has 2 aromatic rings. The fourth-order valence-electron chi connectivity index (χ4n) is 1.96. The first-order valence-electron chi connectivity index (χ1n) is 6.43. The zero-order valence-corrected chi connectivity index (χ0v) is 12.0. The molecular weight excluding hydrogens is 270 g/mol. The Hall–Kier alpha value is -2.69. The van der Waals surface area contributed by atoms with Crippen molar-refractivity contribution in [1.82, 2.24) is 0 Å². The lowest BCUT2D eigenvalue weighted by Gasteiger charge is -2.10. The minimum Gasteiger partial charge on any atom is -0.457 e. The van der Waals surface area contributed by atoms with Crippen LogP contribution in [0.5, 0.6) is 11.5 Å². The Kier molecular flexibility index (Phi) is 4.03. The van der Waals surface area contributed by atoms with Crippen molar-refractivity contribution in [3.63, 3.8) is 0 Å². The number of carbonyl (C=O) groups excluding carboxylic acids is 1. The largest absolute Gasteiger partial charge is 0.457 e. The van der Waals surface area contributed by atoms with Crippen LogP contribution in [0.4, 0.5) is 5.69 Å². The first kappa shape index (κ1) is 14.7. The smallest absolute Gasteiger partial charge is 0.280 e. The van der Waals surface area contributed by atoms with Gasteiger partial charge in [0, 0.05) is 6.07 Å². The number of aryl methyl sites for hydroxylation is 2. The molecule has 2 rings (SSSR count). The Morgan fingerprint density at radius 2 is 1.86 bits per heavy atom. The van der Waals surface area contributed by atoms with Crippen LogP contribution in [-0.2, 0) is 0 Å². The van der Waals surface area contributed by atoms with Gasteiger partial charge >= 0.3 is 0 Å². The van der Waals surface area contributed by atoms with Gasteiger partial charge in [-0.05, 0) is 50.1 Å². The predicted molar refractivity (Wildman–Crippen MR) is 79.1 cm³/mol. The second-order valence-corrected chi connectivity index (χ2v) is 4.86. The maximum absolute atomic E-state index is 11.5. The van der Waals surface area contributed by atoms with Crippen molar-refractivity contribution >= 4 is 11.5 Å². The van der Waals surface area contributed by atoms with E-state index in [4.69, 9.17) is 4.74 Å². The first-order valence-corrected chi connectivity index (χ1v) is 6.43. The average Bonchev–Trinajstić information content (AvgIpc) is 2.42. The van der Waals surface area contributed by atoms with Gasteiger partial charge in [-0.1, -0.05) is 12.1 Å². The molecule has 0 N–H and O–H groups in total. The van der Waals surface area contributed by atoms with E-state index in [2.05, 4.69) is 0 Å². The minimum absolute atomic E-state index is 0.0443. The van der Waals surface area contributed by atoms with Crippen LogP contribution in [0.3, 0.4) is 0 Å². The van der Waals surface area contributed by atoms with Gasteiger partial charge in [0.25, 0.3) is 5.69 Å². The van der Waals surface area contributed by atoms with Gasteiger partial charge in [-0.15, -0.1) is 0 Å². The molecule has 0 saturated heterocycles. The number of nitro groups is 1. The van der Waals surface area contributed by atoms with Gasteiger partial charge in [0.1, 0.15) is 11.5 Å². The summed E-state index contributed by atoms with van der Waals surface area (Å²) >= 11 is 0. The maximum Gasteiger partial charge on any atom is 0.280 e. The molecule has 0 aliphatic heterocycles. The molecule has 5 nitrogen and oxygen atoms in total. The van der Waals surface area contributed by atoms with Gasteiger partial charge in [0.15, 0.2) is 5.78 Å². The van der Waals surface area contributed by atoms with Crippen molar-refractivity contribution in [2.24, 2.45) is 0 Å². The molecule has 0 atom stereocenters. The summed E-state index contributed by atoms with van der Waals surface area (Å²) in [5, 5.41) is 10.9. The van der Waals surface area contributed by atoms with E-state index in [0.29, 0.717) is 11.5 Å². The molecular formula is C16H15NO4. The van der Waals surface area contributed by atoms with Crippen LogP contribution in [0.2, 0.25) is 0 Å². The number of ether oxygens (including phenoxy) is 1. The summed E-state index contributed by atoms with van der Waals surface area (Å²) in [7, 11) is 0. The van der Waals surface area contributed by atoms with Gasteiger partial charge in [0.05, 0.1) is 10.5 Å². The molecule has 0 fully saturated rings. The topological polar surface area (TPSA) is 69.4 Å². The number of benzene rings is 2. The van der Waals surface area contributed by atoms with E-state index in [0.717, 1.165) is 11.1 Å². The van der Waals surface area contributed by atoms with E-state index < -0.39 is 4.92 Å². The Balaban J connectivity index is 2.41. The van der Waals surface area contributed by atoms with Crippen molar-refractivity contribution in [3.8, 4) is 11.5 Å². The van der Waals surface area contributed by atoms with Crippen molar-refractivity contribution in [1.29, 1.82) is 0 Å². The summed E-state index contributed by atoms with van der Waals surface area (Å²) < 4.78 is 5.74. The number of nitro benzene ring substituents is 1. The number of hydrogen-bond donors (Lipinski definition) is 0. The van der Waals surface area contributed by atoms with Crippen LogP contribution in [0.25, 0.3) is 0 Å². The maximum atomic E-state index is 11.5. The molecule has 0 heterocycles. The van der Waals surface area contributed by atoms with Crippen molar-refractivity contribution in [2.45, 2.75) is 20.8 Å². The third kappa shape index (κ3) is 3.25. The van der Waals surface area contributed by atoms with Crippen LogP contribution < -0.4 is 4.74 Å². The van der Waals surface area contributed by atoms with E-state index in [1.807, 2.05) is 32.0 Å². The number of hydrogen-bond acceptors (Lipinski definition) is 4. The minimum atomic E-state index is -0.571. The third-order valence-electron chi connectivity index (χ3n) is 3.12. The molecule has 0 spiro atoms. The second-order valence-electron chi connectivity index (χ2n) is 4.86. The van der Waals surface area contributed by atoms with E-state index in [9.17, 15) is 14.9 Å². The summed E-state index contributed by atoms with van der Waals surface area (Å²) in [5.74, 6) is 0.700. The summed E-state index contributed by atoms with van der Waals surface area (Å²) in [6.45, 7) is 5.15. The van der Waals surface area contributed by atoms with E-state index in [-0.39, 0.29) is 17.0 Å². The number of carbonyl (C=O) groups is 1. The Bertz CT molecular complexity index is 722. The number of Topliss-reactive ketones (excluding diaryl/α,β-unsaturated/α-hetero) is 1. The van der Waals surface area contributed by atoms with Gasteiger partial charge in [-0.25, -0.2) is 0 Å². The molecule has 0 unspecified atom stereocenters. The molecule has 21 heavy (non-hydrogen) atoms. The number of nitrogens with zero attached hydrogens (tertiary/aromatic N) is 1. The van der Waals surface area contributed by atoms with E-state index >= 15 is 0 Å². The highest BCUT2D eigenvalue weighted by Crippen LogP contribution is 2.30. The Labute approximate surface area is 122 Å². The first-order chi connectivity index (χ1) is 9.88. The highest BCUT2D eigenvalue weighted by atomic mass is 16.6. The SMILES string of the molecule is CC(=O)c1cc(Oc2cc(C)ccc2C)ccc1[N+](=O)[O-]. The lowest BCUT2D eigenvalue weighted by atomic mass is 10.1. The second kappa shape index (κ2) is 5.75. The fraction of sp³-hybridized carbons (Fsp3) is 0.188. The molecule has 108 valence electrons. The molecule has 0 aliphatic rings. The quantitative estimate of drug-likeness (QED) is 0.479. The third-order valence-corrected chi connectivity index (χ3v) is 3.12. The van der Waals surface area contributed by atoms with Crippen LogP contribution in [0.1, 0.15) is 28.4 Å². The van der Waals surface area contributed by atoms with Crippen LogP contribution >= 0.6 is 0 Å². The van der Waals surface area contributed by atoms with Crippen LogP contribution in [0, 0.1) is 24.0 Å². The number of rotatable bonds is 4. The van der Waals surface area contributed by atoms with Crippen LogP contribution in [0.15, 0.2) is 36.4 Å². The Morgan fingerprint density at radius 1 is 1.14 bits per heavy atom. The van der Waals surface area contributed by atoms with E-state index in [1.54, 1.807) is 0 Å². The predicted octanol–water partition coefficient (Wildman–Crippen LogP) is 4.21. The molecule has 0 saturated carbocycles. The van der Waals surface area contributed by atoms with Gasteiger partial charge in [-0.3, -0.25) is 14.9 Å². The standard InChI is InChI=1S/C16H15NO4/c1-10-4-5-11(2)16(8-10)21-13-6-7-15(17(19)20)14(9-13)12(3)18/h4-9H,1-3H3. The zero-order valence-electron chi connectivity index (χ0n) is 12.0. The van der Waals surface area contributed by atoms with E-state index in [1.165, 1.54) is 25.1 Å². The molecule has 0 aliphatic carbocycles. The molecule has 2 aromatic carbocycles. The fourth-order valence-corrected chi connectivity index (χ4v) is 1.96. The van der Waals surface area contributed by atoms with Gasteiger partial charge in [0.2, 0.25) is 0 Å². The molecule has 0 aromatic heterocycles. The molecule has 0 bridgehead atoms. The summed E-state index contributed by atoms with van der Waals surface area (Å²) in [5.41, 5.74) is 1.83. The van der Waals surface area contributed by atoms with Crippen molar-refractivity contribution < 1.29 is 14.5 Å². The van der Waals surface area contributed by atoms with Crippen LogP contribution in [-0.4, -0.2) is 10.7 Å². The van der Waals surface area contributed by atoms with Crippen molar-refractivity contribution in [3.05, 3.63) is 63.2 Å². The van der Waals surface area contributed by atoms with Gasteiger partial charge < -0.3 is 4.74 Å². The highest BCUT2D eigenvalue weighted by Gasteiger charge is 2.18. The normalized spacial score (nSPS) is 10.2. The van der Waals surface area contributed by atoms with Gasteiger partial charge in [-0.2, -0.15) is 0 Å².